The number of benzene rings is 1. The minimum absolute atomic E-state index is 0.0157. The Morgan fingerprint density at radius 1 is 1.12 bits per heavy atom. The lowest BCUT2D eigenvalue weighted by molar-refractivity contribution is -0.130. The highest BCUT2D eigenvalue weighted by molar-refractivity contribution is 5.81. The molecule has 0 aromatic heterocycles. The molecule has 1 fully saturated rings. The summed E-state index contributed by atoms with van der Waals surface area (Å²) in [6.45, 7) is 5.65. The molecule has 1 aromatic carbocycles. The lowest BCUT2D eigenvalue weighted by Crippen LogP contribution is -2.38. The molecular weight excluding hydrogens is 321 g/mol. The van der Waals surface area contributed by atoms with E-state index in [1.165, 1.54) is 4.90 Å². The van der Waals surface area contributed by atoms with Crippen molar-refractivity contribution in [3.05, 3.63) is 35.1 Å². The number of carbonyl (C=O) groups is 2. The highest BCUT2D eigenvalue weighted by Crippen LogP contribution is 2.17. The lowest BCUT2D eigenvalue weighted by Gasteiger charge is -2.23. The summed E-state index contributed by atoms with van der Waals surface area (Å²) in [5.74, 6) is -4.29. The van der Waals surface area contributed by atoms with Gasteiger partial charge in [0, 0.05) is 38.2 Å². The third-order valence-corrected chi connectivity index (χ3v) is 3.98. The Morgan fingerprint density at radius 2 is 1.83 bits per heavy atom. The first-order chi connectivity index (χ1) is 11.3. The minimum Gasteiger partial charge on any atom is -0.341 e. The Kier molecular flexibility index (Phi) is 5.85. The van der Waals surface area contributed by atoms with Crippen LogP contribution < -0.4 is 0 Å². The van der Waals surface area contributed by atoms with Gasteiger partial charge in [0.2, 0.25) is 11.8 Å². The summed E-state index contributed by atoms with van der Waals surface area (Å²) in [5.41, 5.74) is -0.187. The van der Waals surface area contributed by atoms with E-state index in [2.05, 4.69) is 0 Å². The highest BCUT2D eigenvalue weighted by atomic mass is 19.2. The zero-order valence-corrected chi connectivity index (χ0v) is 13.8. The second-order valence-corrected chi connectivity index (χ2v) is 6.38. The molecule has 2 amide bonds. The summed E-state index contributed by atoms with van der Waals surface area (Å²) < 4.78 is 39.9. The Bertz CT molecular complexity index is 635. The van der Waals surface area contributed by atoms with Crippen LogP contribution in [0, 0.1) is 23.4 Å². The molecule has 1 heterocycles. The fourth-order valence-electron chi connectivity index (χ4n) is 2.73. The van der Waals surface area contributed by atoms with E-state index < -0.39 is 23.4 Å². The van der Waals surface area contributed by atoms with Crippen molar-refractivity contribution in [2.45, 2.75) is 26.7 Å². The Labute approximate surface area is 139 Å². The maximum atomic E-state index is 13.7. The molecule has 1 aliphatic heterocycles. The van der Waals surface area contributed by atoms with Gasteiger partial charge in [0.1, 0.15) is 0 Å². The van der Waals surface area contributed by atoms with Crippen LogP contribution in [-0.2, 0) is 16.0 Å². The van der Waals surface area contributed by atoms with Crippen LogP contribution in [0.3, 0.4) is 0 Å². The molecule has 0 aliphatic carbocycles. The molecule has 0 spiro atoms. The van der Waals surface area contributed by atoms with Crippen LogP contribution in [0.1, 0.15) is 25.8 Å². The van der Waals surface area contributed by atoms with Gasteiger partial charge in [-0.15, -0.1) is 0 Å². The van der Waals surface area contributed by atoms with Gasteiger partial charge in [0.25, 0.3) is 0 Å². The first-order valence-corrected chi connectivity index (χ1v) is 7.97. The second-order valence-electron chi connectivity index (χ2n) is 6.38. The predicted octanol–water partition coefficient (Wildman–Crippen LogP) is 2.36. The van der Waals surface area contributed by atoms with E-state index in [0.29, 0.717) is 25.6 Å². The van der Waals surface area contributed by atoms with Crippen LogP contribution in [0.2, 0.25) is 0 Å². The Hall–Kier alpha value is -2.05. The summed E-state index contributed by atoms with van der Waals surface area (Å²) in [4.78, 5) is 27.6. The number of nitrogens with zero attached hydrogens (tertiary/aromatic N) is 2. The third-order valence-electron chi connectivity index (χ3n) is 3.98. The van der Waals surface area contributed by atoms with E-state index in [1.807, 2.05) is 13.8 Å². The van der Waals surface area contributed by atoms with Gasteiger partial charge in [-0.2, -0.15) is 0 Å². The number of carbonyl (C=O) groups excluding carboxylic acids is 2. The molecular formula is C17H21F3N2O2. The zero-order chi connectivity index (χ0) is 17.9. The molecule has 1 aromatic rings. The molecule has 0 unspecified atom stereocenters. The van der Waals surface area contributed by atoms with Crippen LogP contribution in [0.25, 0.3) is 0 Å². The van der Waals surface area contributed by atoms with Crippen molar-refractivity contribution in [1.29, 1.82) is 0 Å². The van der Waals surface area contributed by atoms with Crippen molar-refractivity contribution in [3.8, 4) is 0 Å². The van der Waals surface area contributed by atoms with Crippen LogP contribution in [0.5, 0.6) is 0 Å². The molecule has 0 saturated carbocycles. The Balaban J connectivity index is 2.03. The fourth-order valence-corrected chi connectivity index (χ4v) is 2.73. The standard InChI is InChI=1S/C17H21F3N2O2/c1-11(2)10-22-8-7-21(6-5-14(22)23)15(24)9-12-3-4-13(18)17(20)16(12)19/h3-4,11H,5-10H2,1-2H3. The fraction of sp³-hybridized carbons (Fsp3) is 0.529. The molecule has 0 bridgehead atoms. The summed E-state index contributed by atoms with van der Waals surface area (Å²) in [6, 6.07) is 1.87. The first-order valence-electron chi connectivity index (χ1n) is 7.97. The van der Waals surface area contributed by atoms with Gasteiger partial charge in [-0.05, 0) is 12.0 Å². The minimum atomic E-state index is -1.57. The molecule has 4 nitrogen and oxygen atoms in total. The van der Waals surface area contributed by atoms with E-state index in [-0.39, 0.29) is 30.9 Å². The van der Waals surface area contributed by atoms with Crippen molar-refractivity contribution in [1.82, 2.24) is 9.80 Å². The van der Waals surface area contributed by atoms with Crippen molar-refractivity contribution in [3.63, 3.8) is 0 Å². The quantitative estimate of drug-likeness (QED) is 0.788. The number of amides is 2. The van der Waals surface area contributed by atoms with Gasteiger partial charge >= 0.3 is 0 Å². The van der Waals surface area contributed by atoms with Gasteiger partial charge < -0.3 is 9.80 Å². The molecule has 0 N–H and O–H groups in total. The zero-order valence-electron chi connectivity index (χ0n) is 13.8. The van der Waals surface area contributed by atoms with Gasteiger partial charge in [0.15, 0.2) is 17.5 Å². The molecule has 7 heteroatoms. The van der Waals surface area contributed by atoms with Crippen molar-refractivity contribution in [2.24, 2.45) is 5.92 Å². The smallest absolute Gasteiger partial charge is 0.227 e. The molecule has 1 aliphatic rings. The average molecular weight is 342 g/mol. The number of hydrogen-bond acceptors (Lipinski definition) is 2. The topological polar surface area (TPSA) is 40.6 Å². The van der Waals surface area contributed by atoms with Crippen molar-refractivity contribution < 1.29 is 22.8 Å². The number of halogens is 3. The number of rotatable bonds is 4. The second kappa shape index (κ2) is 7.68. The average Bonchev–Trinajstić information content (AvgIpc) is 2.70. The first kappa shape index (κ1) is 18.3. The highest BCUT2D eigenvalue weighted by Gasteiger charge is 2.25. The van der Waals surface area contributed by atoms with Crippen molar-refractivity contribution in [2.75, 3.05) is 26.2 Å². The summed E-state index contributed by atoms with van der Waals surface area (Å²) >= 11 is 0. The summed E-state index contributed by atoms with van der Waals surface area (Å²) in [7, 11) is 0. The summed E-state index contributed by atoms with van der Waals surface area (Å²) in [6.07, 6.45) is -0.153. The van der Waals surface area contributed by atoms with E-state index >= 15 is 0 Å². The predicted molar refractivity (Wildman–Crippen MR) is 82.6 cm³/mol. The van der Waals surface area contributed by atoms with Gasteiger partial charge in [0.05, 0.1) is 6.42 Å². The molecule has 2 rings (SSSR count). The molecule has 1 saturated heterocycles. The monoisotopic (exact) mass is 342 g/mol. The molecule has 132 valence electrons. The molecule has 0 radical (unpaired) electrons. The van der Waals surface area contributed by atoms with Crippen LogP contribution in [0.4, 0.5) is 13.2 Å². The maximum Gasteiger partial charge on any atom is 0.227 e. The third kappa shape index (κ3) is 4.27. The Morgan fingerprint density at radius 3 is 2.50 bits per heavy atom. The maximum absolute atomic E-state index is 13.7. The van der Waals surface area contributed by atoms with Gasteiger partial charge in [-0.3, -0.25) is 9.59 Å². The van der Waals surface area contributed by atoms with E-state index in [4.69, 9.17) is 0 Å². The molecule has 24 heavy (non-hydrogen) atoms. The lowest BCUT2D eigenvalue weighted by atomic mass is 10.1. The van der Waals surface area contributed by atoms with E-state index in [0.717, 1.165) is 12.1 Å². The SMILES string of the molecule is CC(C)CN1CCN(C(=O)Cc2ccc(F)c(F)c2F)CCC1=O. The molecule has 0 atom stereocenters. The van der Waals surface area contributed by atoms with Crippen LogP contribution >= 0.6 is 0 Å². The van der Waals surface area contributed by atoms with Crippen LogP contribution in [0.15, 0.2) is 12.1 Å². The normalized spacial score (nSPS) is 15.8. The van der Waals surface area contributed by atoms with Gasteiger partial charge in [-0.1, -0.05) is 19.9 Å². The summed E-state index contributed by atoms with van der Waals surface area (Å²) in [5, 5.41) is 0. The van der Waals surface area contributed by atoms with E-state index in [1.54, 1.807) is 4.90 Å². The van der Waals surface area contributed by atoms with E-state index in [9.17, 15) is 22.8 Å². The van der Waals surface area contributed by atoms with Gasteiger partial charge in [-0.25, -0.2) is 13.2 Å². The van der Waals surface area contributed by atoms with Crippen molar-refractivity contribution >= 4 is 11.8 Å². The number of hydrogen-bond donors (Lipinski definition) is 0. The van der Waals surface area contributed by atoms with Crippen LogP contribution in [-0.4, -0.2) is 47.8 Å². The largest absolute Gasteiger partial charge is 0.341 e.